The zero-order valence-electron chi connectivity index (χ0n) is 11.4. The van der Waals surface area contributed by atoms with Gasteiger partial charge in [-0.2, -0.15) is 0 Å². The lowest BCUT2D eigenvalue weighted by Gasteiger charge is -2.20. The van der Waals surface area contributed by atoms with Gasteiger partial charge in [0.1, 0.15) is 5.75 Å². The maximum Gasteiger partial charge on any atom is 0.573 e. The molecule has 0 heterocycles. The molecule has 1 rings (SSSR count). The van der Waals surface area contributed by atoms with Crippen LogP contribution in [0.15, 0.2) is 24.3 Å². The summed E-state index contributed by atoms with van der Waals surface area (Å²) < 4.78 is 40.2. The third kappa shape index (κ3) is 5.63. The molecule has 0 radical (unpaired) electrons. The van der Waals surface area contributed by atoms with Gasteiger partial charge in [-0.15, -0.1) is 13.2 Å². The number of aliphatic hydroxyl groups excluding tert-OH is 1. The van der Waals surface area contributed by atoms with Gasteiger partial charge in [0.25, 0.3) is 0 Å². The second kappa shape index (κ2) is 7.31. The Hall–Kier alpha value is -1.76. The molecule has 0 bridgehead atoms. The molecule has 21 heavy (non-hydrogen) atoms. The number of carbonyl (C=O) groups is 1. The van der Waals surface area contributed by atoms with E-state index < -0.39 is 30.1 Å². The molecule has 1 aromatic rings. The Balaban J connectivity index is 2.92. The first-order valence-electron chi connectivity index (χ1n) is 6.51. The van der Waals surface area contributed by atoms with Gasteiger partial charge in [-0.3, -0.25) is 4.79 Å². The van der Waals surface area contributed by atoms with Crippen molar-refractivity contribution in [2.24, 2.45) is 5.92 Å². The molecule has 2 unspecified atom stereocenters. The van der Waals surface area contributed by atoms with Crippen LogP contribution in [0.4, 0.5) is 13.2 Å². The van der Waals surface area contributed by atoms with E-state index in [4.69, 9.17) is 5.11 Å². The van der Waals surface area contributed by atoms with Crippen molar-refractivity contribution < 1.29 is 32.9 Å². The standard InChI is InChI=1S/C14H17F3O4/c1-2-3-7-11(13(19)20)12(18)9-5-4-6-10(8-9)21-14(15,16)17/h4-6,8,11-12,18H,2-3,7H2,1H3,(H,19,20). The molecule has 1 aromatic carbocycles. The van der Waals surface area contributed by atoms with Crippen molar-refractivity contribution >= 4 is 5.97 Å². The van der Waals surface area contributed by atoms with Crippen LogP contribution in [-0.2, 0) is 4.79 Å². The smallest absolute Gasteiger partial charge is 0.481 e. The van der Waals surface area contributed by atoms with Crippen LogP contribution in [0, 0.1) is 5.92 Å². The number of unbranched alkanes of at least 4 members (excludes halogenated alkanes) is 1. The third-order valence-corrected chi connectivity index (χ3v) is 3.00. The largest absolute Gasteiger partial charge is 0.573 e. The number of aliphatic carboxylic acids is 1. The minimum atomic E-state index is -4.84. The molecule has 2 N–H and O–H groups in total. The summed E-state index contributed by atoms with van der Waals surface area (Å²) in [6.07, 6.45) is -4.61. The second-order valence-corrected chi connectivity index (χ2v) is 4.65. The Kier molecular flexibility index (Phi) is 6.02. The number of carboxylic acids is 1. The third-order valence-electron chi connectivity index (χ3n) is 3.00. The number of hydrogen-bond donors (Lipinski definition) is 2. The highest BCUT2D eigenvalue weighted by atomic mass is 19.4. The molecule has 0 spiro atoms. The molecule has 7 heteroatoms. The van der Waals surface area contributed by atoms with Crippen LogP contribution in [0.3, 0.4) is 0 Å². The average Bonchev–Trinajstić information content (AvgIpc) is 2.36. The van der Waals surface area contributed by atoms with Crippen molar-refractivity contribution in [1.29, 1.82) is 0 Å². The summed E-state index contributed by atoms with van der Waals surface area (Å²) in [5.41, 5.74) is 0.0836. The van der Waals surface area contributed by atoms with Gasteiger partial charge in [0.15, 0.2) is 0 Å². The molecular formula is C14H17F3O4. The number of aliphatic hydroxyl groups is 1. The Morgan fingerprint density at radius 1 is 1.38 bits per heavy atom. The fourth-order valence-electron chi connectivity index (χ4n) is 1.97. The Labute approximate surface area is 120 Å². The van der Waals surface area contributed by atoms with Crippen LogP contribution in [0.25, 0.3) is 0 Å². The molecule has 0 aliphatic carbocycles. The van der Waals surface area contributed by atoms with Crippen molar-refractivity contribution in [1.82, 2.24) is 0 Å². The van der Waals surface area contributed by atoms with Crippen molar-refractivity contribution in [3.05, 3.63) is 29.8 Å². The van der Waals surface area contributed by atoms with Crippen molar-refractivity contribution in [3.8, 4) is 5.75 Å². The topological polar surface area (TPSA) is 66.8 Å². The molecule has 0 fully saturated rings. The highest BCUT2D eigenvalue weighted by Gasteiger charge is 2.32. The lowest BCUT2D eigenvalue weighted by atomic mass is 9.91. The van der Waals surface area contributed by atoms with Crippen LogP contribution in [-0.4, -0.2) is 22.5 Å². The first-order chi connectivity index (χ1) is 9.74. The predicted octanol–water partition coefficient (Wildman–Crippen LogP) is 3.51. The summed E-state index contributed by atoms with van der Waals surface area (Å²) in [5, 5.41) is 19.2. The molecular weight excluding hydrogens is 289 g/mol. The Morgan fingerprint density at radius 2 is 2.05 bits per heavy atom. The van der Waals surface area contributed by atoms with E-state index in [1.807, 2.05) is 6.92 Å². The summed E-state index contributed by atoms with van der Waals surface area (Å²) in [5.74, 6) is -2.73. The fourth-order valence-corrected chi connectivity index (χ4v) is 1.97. The molecule has 2 atom stereocenters. The van der Waals surface area contributed by atoms with E-state index in [1.165, 1.54) is 12.1 Å². The van der Waals surface area contributed by atoms with E-state index in [2.05, 4.69) is 4.74 Å². The van der Waals surface area contributed by atoms with Gasteiger partial charge in [0.05, 0.1) is 12.0 Å². The first-order valence-corrected chi connectivity index (χ1v) is 6.51. The van der Waals surface area contributed by atoms with Crippen LogP contribution >= 0.6 is 0 Å². The highest BCUT2D eigenvalue weighted by molar-refractivity contribution is 5.71. The van der Waals surface area contributed by atoms with E-state index in [9.17, 15) is 23.1 Å². The van der Waals surface area contributed by atoms with E-state index >= 15 is 0 Å². The zero-order valence-corrected chi connectivity index (χ0v) is 11.4. The Bertz CT molecular complexity index is 474. The van der Waals surface area contributed by atoms with Crippen molar-refractivity contribution in [2.75, 3.05) is 0 Å². The van der Waals surface area contributed by atoms with E-state index in [-0.39, 0.29) is 12.0 Å². The molecule has 0 aliphatic heterocycles. The molecule has 0 saturated carbocycles. The number of hydrogen-bond acceptors (Lipinski definition) is 3. The quantitative estimate of drug-likeness (QED) is 0.809. The van der Waals surface area contributed by atoms with Crippen LogP contribution in [0.1, 0.15) is 37.9 Å². The molecule has 0 saturated heterocycles. The summed E-state index contributed by atoms with van der Waals surface area (Å²) in [4.78, 5) is 11.2. The van der Waals surface area contributed by atoms with Crippen molar-refractivity contribution in [3.63, 3.8) is 0 Å². The van der Waals surface area contributed by atoms with Gasteiger partial charge in [-0.1, -0.05) is 31.9 Å². The molecule has 4 nitrogen and oxygen atoms in total. The molecule has 0 aromatic heterocycles. The van der Waals surface area contributed by atoms with Crippen LogP contribution in [0.2, 0.25) is 0 Å². The van der Waals surface area contributed by atoms with Gasteiger partial charge in [0, 0.05) is 0 Å². The summed E-state index contributed by atoms with van der Waals surface area (Å²) in [6, 6.07) is 4.74. The monoisotopic (exact) mass is 306 g/mol. The first kappa shape index (κ1) is 17.3. The number of alkyl halides is 3. The van der Waals surface area contributed by atoms with Gasteiger partial charge in [0.2, 0.25) is 0 Å². The fraction of sp³-hybridized carbons (Fsp3) is 0.500. The van der Waals surface area contributed by atoms with E-state index in [1.54, 1.807) is 0 Å². The van der Waals surface area contributed by atoms with E-state index in [0.717, 1.165) is 18.6 Å². The van der Waals surface area contributed by atoms with Gasteiger partial charge in [-0.05, 0) is 24.1 Å². The normalized spacial score (nSPS) is 14.5. The minimum Gasteiger partial charge on any atom is -0.481 e. The molecule has 0 amide bonds. The maximum absolute atomic E-state index is 12.1. The van der Waals surface area contributed by atoms with E-state index in [0.29, 0.717) is 6.42 Å². The summed E-state index contributed by atoms with van der Waals surface area (Å²) in [6.45, 7) is 1.88. The highest BCUT2D eigenvalue weighted by Crippen LogP contribution is 2.30. The van der Waals surface area contributed by atoms with Crippen molar-refractivity contribution in [2.45, 2.75) is 38.7 Å². The molecule has 0 aliphatic rings. The Morgan fingerprint density at radius 3 is 2.57 bits per heavy atom. The number of carboxylic acid groups (broad SMARTS) is 1. The zero-order chi connectivity index (χ0) is 16.0. The van der Waals surface area contributed by atoms with Crippen LogP contribution < -0.4 is 4.74 Å². The number of halogens is 3. The summed E-state index contributed by atoms with van der Waals surface area (Å²) in [7, 11) is 0. The number of benzene rings is 1. The average molecular weight is 306 g/mol. The lowest BCUT2D eigenvalue weighted by molar-refractivity contribution is -0.274. The maximum atomic E-state index is 12.1. The minimum absolute atomic E-state index is 0.0836. The van der Waals surface area contributed by atoms with Crippen LogP contribution in [0.5, 0.6) is 5.75 Å². The number of rotatable bonds is 7. The van der Waals surface area contributed by atoms with Gasteiger partial charge in [-0.25, -0.2) is 0 Å². The lowest BCUT2D eigenvalue weighted by Crippen LogP contribution is -2.22. The predicted molar refractivity (Wildman–Crippen MR) is 68.7 cm³/mol. The SMILES string of the molecule is CCCCC(C(=O)O)C(O)c1cccc(OC(F)(F)F)c1. The second-order valence-electron chi connectivity index (χ2n) is 4.65. The summed E-state index contributed by atoms with van der Waals surface area (Å²) >= 11 is 0. The molecule has 118 valence electrons. The number of ether oxygens (including phenoxy) is 1. The van der Waals surface area contributed by atoms with Gasteiger partial charge >= 0.3 is 12.3 Å². The van der Waals surface area contributed by atoms with Gasteiger partial charge < -0.3 is 14.9 Å².